The molecule has 1 aromatic carbocycles. The van der Waals surface area contributed by atoms with Crippen molar-refractivity contribution >= 4 is 28.1 Å². The molecule has 82 valence electrons. The highest BCUT2D eigenvalue weighted by Gasteiger charge is 2.08. The molecule has 0 unspecified atom stereocenters. The zero-order chi connectivity index (χ0) is 11.5. The molecule has 2 aromatic rings. The molecule has 0 spiro atoms. The van der Waals surface area contributed by atoms with Crippen LogP contribution in [-0.4, -0.2) is 5.11 Å². The van der Waals surface area contributed by atoms with E-state index in [4.69, 9.17) is 4.42 Å². The van der Waals surface area contributed by atoms with E-state index in [2.05, 4.69) is 15.9 Å². The number of phenols is 1. The average Bonchev–Trinajstić information content (AvgIpc) is 2.77. The molecule has 2 rings (SSSR count). The Morgan fingerprint density at radius 3 is 2.75 bits per heavy atom. The van der Waals surface area contributed by atoms with Crippen molar-refractivity contribution in [3.05, 3.63) is 52.1 Å². The summed E-state index contributed by atoms with van der Waals surface area (Å²) in [5.74, 6) is -0.00918. The van der Waals surface area contributed by atoms with Gasteiger partial charge in [-0.1, -0.05) is 0 Å². The van der Waals surface area contributed by atoms with Crippen LogP contribution in [0.2, 0.25) is 0 Å². The van der Waals surface area contributed by atoms with Crippen molar-refractivity contribution in [3.63, 3.8) is 0 Å². The largest absolute Gasteiger partial charge is 0.506 e. The zero-order valence-electron chi connectivity index (χ0n) is 8.15. The van der Waals surface area contributed by atoms with Gasteiger partial charge in [0.2, 0.25) is 0 Å². The van der Waals surface area contributed by atoms with Crippen LogP contribution in [0.25, 0.3) is 12.2 Å². The van der Waals surface area contributed by atoms with Crippen LogP contribution in [0, 0.1) is 5.82 Å². The zero-order valence-corrected chi connectivity index (χ0v) is 9.74. The van der Waals surface area contributed by atoms with Gasteiger partial charge < -0.3 is 9.52 Å². The van der Waals surface area contributed by atoms with E-state index in [1.54, 1.807) is 18.2 Å². The van der Waals surface area contributed by atoms with E-state index in [1.807, 2.05) is 0 Å². The molecule has 0 bridgehead atoms. The quantitative estimate of drug-likeness (QED) is 0.901. The molecule has 0 aliphatic heterocycles. The number of halogens is 2. The number of rotatable bonds is 2. The first kappa shape index (κ1) is 11.0. The van der Waals surface area contributed by atoms with Gasteiger partial charge in [0.15, 0.2) is 0 Å². The Labute approximate surface area is 100 Å². The summed E-state index contributed by atoms with van der Waals surface area (Å²) in [4.78, 5) is 0. The van der Waals surface area contributed by atoms with E-state index in [1.165, 1.54) is 24.5 Å². The second kappa shape index (κ2) is 4.53. The minimum Gasteiger partial charge on any atom is -0.506 e. The Bertz CT molecular complexity index is 518. The lowest BCUT2D eigenvalue weighted by molar-refractivity contribution is 0.464. The first-order valence-corrected chi connectivity index (χ1v) is 5.36. The Hall–Kier alpha value is -1.55. The van der Waals surface area contributed by atoms with Crippen LogP contribution in [0.4, 0.5) is 4.39 Å². The lowest BCUT2D eigenvalue weighted by Crippen LogP contribution is -1.83. The highest BCUT2D eigenvalue weighted by Crippen LogP contribution is 2.31. The molecule has 2 nitrogen and oxygen atoms in total. The highest BCUT2D eigenvalue weighted by atomic mass is 79.9. The van der Waals surface area contributed by atoms with Crippen molar-refractivity contribution in [3.8, 4) is 5.75 Å². The SMILES string of the molecule is Oc1c(Br)ccc(F)c1C=Cc1ccco1. The van der Waals surface area contributed by atoms with E-state index < -0.39 is 5.82 Å². The molecule has 1 N–H and O–H groups in total. The smallest absolute Gasteiger partial charge is 0.139 e. The van der Waals surface area contributed by atoms with E-state index >= 15 is 0 Å². The van der Waals surface area contributed by atoms with E-state index in [0.717, 1.165) is 0 Å². The summed E-state index contributed by atoms with van der Waals surface area (Å²) in [6.45, 7) is 0. The topological polar surface area (TPSA) is 33.4 Å². The summed E-state index contributed by atoms with van der Waals surface area (Å²) >= 11 is 3.12. The molecule has 0 amide bonds. The van der Waals surface area contributed by atoms with Gasteiger partial charge in [-0.05, 0) is 52.3 Å². The van der Waals surface area contributed by atoms with Crippen molar-refractivity contribution < 1.29 is 13.9 Å². The Morgan fingerprint density at radius 1 is 1.25 bits per heavy atom. The fraction of sp³-hybridized carbons (Fsp3) is 0. The normalized spacial score (nSPS) is 11.1. The standard InChI is InChI=1S/C12H8BrFO2/c13-10-5-6-11(14)9(12(10)15)4-3-8-2-1-7-16-8/h1-7,15H. The van der Waals surface area contributed by atoms with Crippen LogP contribution < -0.4 is 0 Å². The molecule has 0 atom stereocenters. The van der Waals surface area contributed by atoms with Crippen LogP contribution in [0.1, 0.15) is 11.3 Å². The van der Waals surface area contributed by atoms with Gasteiger partial charge in [0.25, 0.3) is 0 Å². The maximum absolute atomic E-state index is 13.4. The molecule has 0 saturated heterocycles. The second-order valence-corrected chi connectivity index (χ2v) is 3.99. The van der Waals surface area contributed by atoms with Gasteiger partial charge in [0.05, 0.1) is 16.3 Å². The van der Waals surface area contributed by atoms with Gasteiger partial charge in [0.1, 0.15) is 17.3 Å². The van der Waals surface area contributed by atoms with Crippen LogP contribution in [0.5, 0.6) is 5.75 Å². The number of aromatic hydroxyl groups is 1. The van der Waals surface area contributed by atoms with Gasteiger partial charge in [-0.25, -0.2) is 4.39 Å². The van der Waals surface area contributed by atoms with Crippen molar-refractivity contribution in [2.75, 3.05) is 0 Å². The minimum absolute atomic E-state index is 0.122. The molecule has 1 heterocycles. The summed E-state index contributed by atoms with van der Waals surface area (Å²) in [5, 5.41) is 9.64. The van der Waals surface area contributed by atoms with Gasteiger partial charge in [0, 0.05) is 0 Å². The molecule has 0 fully saturated rings. The molecular formula is C12H8BrFO2. The first-order valence-electron chi connectivity index (χ1n) is 4.57. The predicted octanol–water partition coefficient (Wildman–Crippen LogP) is 4.06. The summed E-state index contributed by atoms with van der Waals surface area (Å²) < 4.78 is 18.9. The third kappa shape index (κ3) is 2.17. The van der Waals surface area contributed by atoms with Gasteiger partial charge in [-0.3, -0.25) is 0 Å². The highest BCUT2D eigenvalue weighted by molar-refractivity contribution is 9.10. The lowest BCUT2D eigenvalue weighted by atomic mass is 10.1. The summed E-state index contributed by atoms with van der Waals surface area (Å²) in [6, 6.07) is 6.21. The van der Waals surface area contributed by atoms with Crippen LogP contribution in [-0.2, 0) is 0 Å². The lowest BCUT2D eigenvalue weighted by Gasteiger charge is -2.02. The molecule has 0 aliphatic carbocycles. The molecule has 0 aliphatic rings. The molecular weight excluding hydrogens is 275 g/mol. The van der Waals surface area contributed by atoms with Crippen molar-refractivity contribution in [1.82, 2.24) is 0 Å². The average molecular weight is 283 g/mol. The predicted molar refractivity (Wildman–Crippen MR) is 63.4 cm³/mol. The van der Waals surface area contributed by atoms with E-state index in [-0.39, 0.29) is 11.3 Å². The van der Waals surface area contributed by atoms with Gasteiger partial charge in [-0.15, -0.1) is 0 Å². The fourth-order valence-corrected chi connectivity index (χ4v) is 1.61. The van der Waals surface area contributed by atoms with E-state index in [0.29, 0.717) is 10.2 Å². The second-order valence-electron chi connectivity index (χ2n) is 3.14. The summed E-state index contributed by atoms with van der Waals surface area (Å²) in [5.41, 5.74) is 0.130. The fourth-order valence-electron chi connectivity index (χ4n) is 1.27. The summed E-state index contributed by atoms with van der Waals surface area (Å²) in [7, 11) is 0. The van der Waals surface area contributed by atoms with Gasteiger partial charge in [-0.2, -0.15) is 0 Å². The Balaban J connectivity index is 2.38. The van der Waals surface area contributed by atoms with Crippen molar-refractivity contribution in [2.24, 2.45) is 0 Å². The minimum atomic E-state index is -0.483. The number of hydrogen-bond acceptors (Lipinski definition) is 2. The van der Waals surface area contributed by atoms with Crippen LogP contribution in [0.15, 0.2) is 39.4 Å². The third-order valence-electron chi connectivity index (χ3n) is 2.07. The maximum atomic E-state index is 13.4. The van der Waals surface area contributed by atoms with Crippen LogP contribution in [0.3, 0.4) is 0 Å². The van der Waals surface area contributed by atoms with E-state index in [9.17, 15) is 9.50 Å². The third-order valence-corrected chi connectivity index (χ3v) is 2.71. The van der Waals surface area contributed by atoms with Crippen molar-refractivity contribution in [1.29, 1.82) is 0 Å². The number of hydrogen-bond donors (Lipinski definition) is 1. The molecule has 16 heavy (non-hydrogen) atoms. The monoisotopic (exact) mass is 282 g/mol. The number of phenolic OH excluding ortho intramolecular Hbond substituents is 1. The molecule has 0 saturated carbocycles. The summed E-state index contributed by atoms with van der Waals surface area (Å²) in [6.07, 6.45) is 4.58. The van der Waals surface area contributed by atoms with Crippen molar-refractivity contribution in [2.45, 2.75) is 0 Å². The number of benzene rings is 1. The molecule has 0 radical (unpaired) electrons. The van der Waals surface area contributed by atoms with Gasteiger partial charge >= 0.3 is 0 Å². The molecule has 4 heteroatoms. The Kier molecular flexibility index (Phi) is 3.10. The molecule has 1 aromatic heterocycles. The maximum Gasteiger partial charge on any atom is 0.139 e. The van der Waals surface area contributed by atoms with Crippen LogP contribution >= 0.6 is 15.9 Å². The first-order chi connectivity index (χ1) is 7.68. The number of furan rings is 1. The Morgan fingerprint density at radius 2 is 2.06 bits per heavy atom.